The van der Waals surface area contributed by atoms with Crippen LogP contribution in [0.3, 0.4) is 0 Å². The molecule has 0 atom stereocenters. The van der Waals surface area contributed by atoms with Crippen LogP contribution in [0.15, 0.2) is 40.9 Å². The van der Waals surface area contributed by atoms with Crippen LogP contribution in [0.4, 0.5) is 0 Å². The number of methoxy groups -OCH3 is 1. The minimum atomic E-state index is -1.45. The number of rotatable bonds is 3. The standard InChI is InChI=1S/C9H12BClO2.C7H6BrClO/c1-6(2)7-3-8(10(12)13)5-9(11)4-7;1-10-7-3-5(8)2-6(9)4-7/h3-6,12-13H,1-2H3;2-4H,1H3. The maximum atomic E-state index is 8.95. The summed E-state index contributed by atoms with van der Waals surface area (Å²) in [5.41, 5.74) is 1.45. The van der Waals surface area contributed by atoms with Crippen molar-refractivity contribution >= 4 is 51.7 Å². The summed E-state index contributed by atoms with van der Waals surface area (Å²) in [6.07, 6.45) is 0. The molecule has 2 aromatic rings. The van der Waals surface area contributed by atoms with Gasteiger partial charge in [-0.2, -0.15) is 0 Å². The molecule has 0 amide bonds. The summed E-state index contributed by atoms with van der Waals surface area (Å²) in [5, 5.41) is 19.1. The van der Waals surface area contributed by atoms with E-state index in [0.717, 1.165) is 15.8 Å². The zero-order valence-corrected chi connectivity index (χ0v) is 16.2. The van der Waals surface area contributed by atoms with Crippen LogP contribution in [0.25, 0.3) is 0 Å². The molecule has 2 rings (SSSR count). The lowest BCUT2D eigenvalue weighted by molar-refractivity contribution is 0.414. The Bertz CT molecular complexity index is 605. The van der Waals surface area contributed by atoms with E-state index in [1.807, 2.05) is 32.0 Å². The van der Waals surface area contributed by atoms with Crippen LogP contribution in [0.5, 0.6) is 5.75 Å². The molecular formula is C16H18BBrCl2O3. The minimum absolute atomic E-state index is 0.330. The Hall–Kier alpha value is -0.715. The molecule has 0 aliphatic rings. The van der Waals surface area contributed by atoms with Crippen molar-refractivity contribution in [3.63, 3.8) is 0 Å². The SMILES string of the molecule is CC(C)c1cc(Cl)cc(B(O)O)c1.COc1cc(Cl)cc(Br)c1. The van der Waals surface area contributed by atoms with Gasteiger partial charge in [0.15, 0.2) is 0 Å². The first kappa shape index (κ1) is 20.3. The van der Waals surface area contributed by atoms with Crippen molar-refractivity contribution in [3.05, 3.63) is 56.5 Å². The van der Waals surface area contributed by atoms with E-state index in [-0.39, 0.29) is 0 Å². The molecule has 2 aromatic carbocycles. The number of ether oxygens (including phenoxy) is 1. The highest BCUT2D eigenvalue weighted by Gasteiger charge is 2.13. The molecular weight excluding hydrogens is 402 g/mol. The highest BCUT2D eigenvalue weighted by molar-refractivity contribution is 9.10. The Labute approximate surface area is 155 Å². The molecule has 7 heteroatoms. The third-order valence-corrected chi connectivity index (χ3v) is 3.87. The Morgan fingerprint density at radius 3 is 2.09 bits per heavy atom. The summed E-state index contributed by atoms with van der Waals surface area (Å²) < 4.78 is 5.89. The summed E-state index contributed by atoms with van der Waals surface area (Å²) in [4.78, 5) is 0. The Balaban J connectivity index is 0.000000238. The zero-order valence-electron chi connectivity index (χ0n) is 13.1. The molecule has 2 N–H and O–H groups in total. The molecule has 3 nitrogen and oxygen atoms in total. The van der Waals surface area contributed by atoms with Crippen molar-refractivity contribution in [2.45, 2.75) is 19.8 Å². The minimum Gasteiger partial charge on any atom is -0.497 e. The lowest BCUT2D eigenvalue weighted by Gasteiger charge is -2.08. The van der Waals surface area contributed by atoms with Crippen LogP contribution in [0.2, 0.25) is 10.0 Å². The van der Waals surface area contributed by atoms with Crippen LogP contribution in [-0.2, 0) is 0 Å². The van der Waals surface area contributed by atoms with Gasteiger partial charge in [-0.3, -0.25) is 0 Å². The molecule has 0 heterocycles. The second-order valence-corrected chi connectivity index (χ2v) is 6.94. The summed E-state index contributed by atoms with van der Waals surface area (Å²) in [6.45, 7) is 4.05. The highest BCUT2D eigenvalue weighted by Crippen LogP contribution is 2.23. The van der Waals surface area contributed by atoms with Gasteiger partial charge in [-0.05, 0) is 47.3 Å². The summed E-state index contributed by atoms with van der Waals surface area (Å²) in [7, 11) is 0.161. The van der Waals surface area contributed by atoms with E-state index in [9.17, 15) is 0 Å². The van der Waals surface area contributed by atoms with Gasteiger partial charge in [0.2, 0.25) is 0 Å². The monoisotopic (exact) mass is 418 g/mol. The van der Waals surface area contributed by atoms with Gasteiger partial charge in [0, 0.05) is 14.5 Å². The fraction of sp³-hybridized carbons (Fsp3) is 0.250. The lowest BCUT2D eigenvalue weighted by atomic mass is 9.79. The quantitative estimate of drug-likeness (QED) is 0.731. The molecule has 0 aliphatic heterocycles. The zero-order chi connectivity index (χ0) is 17.6. The second-order valence-electron chi connectivity index (χ2n) is 5.16. The Kier molecular flexibility index (Phi) is 8.44. The number of benzene rings is 2. The molecule has 23 heavy (non-hydrogen) atoms. The van der Waals surface area contributed by atoms with E-state index in [1.165, 1.54) is 0 Å². The normalized spacial score (nSPS) is 10.1. The van der Waals surface area contributed by atoms with Crippen LogP contribution in [-0.4, -0.2) is 24.3 Å². The van der Waals surface area contributed by atoms with E-state index < -0.39 is 7.12 Å². The van der Waals surface area contributed by atoms with Crippen molar-refractivity contribution in [1.29, 1.82) is 0 Å². The molecule has 0 bridgehead atoms. The first-order chi connectivity index (χ1) is 10.7. The molecule has 124 valence electrons. The third-order valence-electron chi connectivity index (χ3n) is 2.98. The number of hydrogen-bond acceptors (Lipinski definition) is 3. The number of hydrogen-bond donors (Lipinski definition) is 2. The van der Waals surface area contributed by atoms with Gasteiger partial charge in [-0.1, -0.05) is 59.0 Å². The van der Waals surface area contributed by atoms with Crippen LogP contribution < -0.4 is 10.2 Å². The maximum Gasteiger partial charge on any atom is 0.488 e. The molecule has 0 fully saturated rings. The van der Waals surface area contributed by atoms with Crippen molar-refractivity contribution in [2.24, 2.45) is 0 Å². The number of halogens is 3. The van der Waals surface area contributed by atoms with Gasteiger partial charge in [-0.15, -0.1) is 0 Å². The fourth-order valence-corrected chi connectivity index (χ4v) is 2.85. The smallest absolute Gasteiger partial charge is 0.488 e. The average Bonchev–Trinajstić information content (AvgIpc) is 2.46. The highest BCUT2D eigenvalue weighted by atomic mass is 79.9. The Morgan fingerprint density at radius 1 is 1.00 bits per heavy atom. The molecule has 0 radical (unpaired) electrons. The molecule has 0 aromatic heterocycles. The van der Waals surface area contributed by atoms with Crippen molar-refractivity contribution in [3.8, 4) is 5.75 Å². The largest absolute Gasteiger partial charge is 0.497 e. The predicted molar refractivity (Wildman–Crippen MR) is 101 cm³/mol. The molecule has 0 unspecified atom stereocenters. The van der Waals surface area contributed by atoms with Crippen LogP contribution in [0.1, 0.15) is 25.3 Å². The topological polar surface area (TPSA) is 49.7 Å². The second kappa shape index (κ2) is 9.55. The van der Waals surface area contributed by atoms with Gasteiger partial charge in [-0.25, -0.2) is 0 Å². The van der Waals surface area contributed by atoms with E-state index in [1.54, 1.807) is 25.3 Å². The summed E-state index contributed by atoms with van der Waals surface area (Å²) in [6, 6.07) is 10.6. The predicted octanol–water partition coefficient (Wildman–Crippen LogP) is 4.25. The molecule has 0 aliphatic carbocycles. The fourth-order valence-electron chi connectivity index (χ4n) is 1.76. The summed E-state index contributed by atoms with van der Waals surface area (Å²) >= 11 is 14.8. The van der Waals surface area contributed by atoms with Gasteiger partial charge in [0.05, 0.1) is 7.11 Å². The van der Waals surface area contributed by atoms with E-state index in [0.29, 0.717) is 21.4 Å². The van der Waals surface area contributed by atoms with E-state index in [2.05, 4.69) is 15.9 Å². The van der Waals surface area contributed by atoms with Gasteiger partial charge in [0.1, 0.15) is 5.75 Å². The van der Waals surface area contributed by atoms with Crippen molar-refractivity contribution in [1.82, 2.24) is 0 Å². The molecule has 0 spiro atoms. The van der Waals surface area contributed by atoms with Crippen LogP contribution in [0, 0.1) is 0 Å². The average molecular weight is 420 g/mol. The first-order valence-corrected chi connectivity index (χ1v) is 8.44. The van der Waals surface area contributed by atoms with E-state index >= 15 is 0 Å². The van der Waals surface area contributed by atoms with Crippen LogP contribution >= 0.6 is 39.1 Å². The molecule has 0 saturated carbocycles. The summed E-state index contributed by atoms with van der Waals surface area (Å²) in [5.74, 6) is 1.09. The maximum absolute atomic E-state index is 8.95. The Morgan fingerprint density at radius 2 is 1.61 bits per heavy atom. The van der Waals surface area contributed by atoms with E-state index in [4.69, 9.17) is 38.0 Å². The van der Waals surface area contributed by atoms with Gasteiger partial charge in [0.25, 0.3) is 0 Å². The van der Waals surface area contributed by atoms with Crippen molar-refractivity contribution < 1.29 is 14.8 Å². The lowest BCUT2D eigenvalue weighted by Crippen LogP contribution is -2.30. The van der Waals surface area contributed by atoms with Gasteiger partial charge < -0.3 is 14.8 Å². The first-order valence-electron chi connectivity index (χ1n) is 6.89. The molecule has 0 saturated heterocycles. The van der Waals surface area contributed by atoms with Crippen molar-refractivity contribution in [2.75, 3.05) is 7.11 Å². The third kappa shape index (κ3) is 7.15. The van der Waals surface area contributed by atoms with Gasteiger partial charge >= 0.3 is 7.12 Å².